The Bertz CT molecular complexity index is 20.9. The number of hydrogen-bond donors (Lipinski definition) is 0. The summed E-state index contributed by atoms with van der Waals surface area (Å²) in [6.07, 6.45) is 0. The van der Waals surface area contributed by atoms with Crippen molar-refractivity contribution >= 4 is 21.0 Å². The predicted octanol–water partition coefficient (Wildman–Crippen LogP) is 2.23. The molecule has 2 radical (unpaired) electrons. The Morgan fingerprint density at radius 1 is 1.40 bits per heavy atom. The molecule has 0 saturated carbocycles. The minimum absolute atomic E-state index is 0.351. The molecule has 0 aliphatic carbocycles. The van der Waals surface area contributed by atoms with Crippen LogP contribution in [0, 0.1) is 4.68 Å². The second-order valence-corrected chi connectivity index (χ2v) is 1.80. The molecule has 0 aliphatic rings. The van der Waals surface area contributed by atoms with Crippen molar-refractivity contribution in [2.75, 3.05) is 0 Å². The van der Waals surface area contributed by atoms with Gasteiger partial charge >= 0.3 is 35.8 Å². The summed E-state index contributed by atoms with van der Waals surface area (Å²) in [5.41, 5.74) is 0. The zero-order valence-electron chi connectivity index (χ0n) is 2.01. The van der Waals surface area contributed by atoms with Gasteiger partial charge in [-0.2, -0.15) is 0 Å². The molecule has 5 heavy (non-hydrogen) atoms. The zero-order valence-corrected chi connectivity index (χ0v) is 4.17. The Morgan fingerprint density at radius 3 is 1.60 bits per heavy atom. The second-order valence-electron chi connectivity index (χ2n) is 0.268. The average molecular weight is 196 g/mol. The third-order valence-electron chi connectivity index (χ3n) is 0.0540. The van der Waals surface area contributed by atoms with E-state index in [1.165, 1.54) is 0 Å². The summed E-state index contributed by atoms with van der Waals surface area (Å²) in [4.78, 5) is 0. The molecule has 0 bridgehead atoms. The van der Waals surface area contributed by atoms with Gasteiger partial charge in [-0.3, -0.25) is 0 Å². The van der Waals surface area contributed by atoms with Crippen LogP contribution in [0.25, 0.3) is 0 Å². The van der Waals surface area contributed by atoms with Crippen LogP contribution in [0.3, 0.4) is 0 Å². The summed E-state index contributed by atoms with van der Waals surface area (Å²) in [6.45, 7) is 0. The van der Waals surface area contributed by atoms with Gasteiger partial charge in [0.25, 0.3) is 0 Å². The monoisotopic (exact) mass is 196 g/mol. The topological polar surface area (TPSA) is 0 Å². The van der Waals surface area contributed by atoms with Gasteiger partial charge in [0.05, 0.1) is 0 Å². The van der Waals surface area contributed by atoms with Crippen molar-refractivity contribution in [2.45, 2.75) is 0 Å². The SMILES string of the molecule is F[C]I(F)F. The molecule has 0 aliphatic heterocycles. The quantitative estimate of drug-likeness (QED) is 0.564. The Labute approximate surface area is 36.3 Å². The molecule has 0 aromatic heterocycles. The normalized spacial score (nSPS) is 11.4. The van der Waals surface area contributed by atoms with E-state index in [0.29, 0.717) is 4.68 Å². The van der Waals surface area contributed by atoms with E-state index >= 15 is 0 Å². The molecule has 0 rings (SSSR count). The van der Waals surface area contributed by atoms with Gasteiger partial charge in [-0.05, 0) is 0 Å². The number of hydrogen-bond acceptors (Lipinski definition) is 0. The molecule has 0 spiro atoms. The Hall–Kier alpha value is 0.520. The van der Waals surface area contributed by atoms with Crippen LogP contribution < -0.4 is 0 Å². The van der Waals surface area contributed by atoms with Crippen molar-refractivity contribution in [3.8, 4) is 0 Å². The summed E-state index contributed by atoms with van der Waals surface area (Å²) in [7, 11) is 0. The van der Waals surface area contributed by atoms with Gasteiger partial charge in [-0.1, -0.05) is 0 Å². The molecule has 32 valence electrons. The van der Waals surface area contributed by atoms with Crippen molar-refractivity contribution < 1.29 is 10.1 Å². The van der Waals surface area contributed by atoms with Crippen LogP contribution in [0.15, 0.2) is 0 Å². The molecule has 0 nitrogen and oxygen atoms in total. The van der Waals surface area contributed by atoms with Crippen LogP contribution in [0.5, 0.6) is 0 Å². The van der Waals surface area contributed by atoms with E-state index < -0.39 is 21.0 Å². The van der Waals surface area contributed by atoms with Crippen LogP contribution >= 0.6 is 21.0 Å². The van der Waals surface area contributed by atoms with E-state index in [1.54, 1.807) is 0 Å². The molecular formula is CF3I. The number of rotatable bonds is 1. The molecule has 0 atom stereocenters. The van der Waals surface area contributed by atoms with Crippen LogP contribution in [0.1, 0.15) is 0 Å². The molecule has 0 aromatic carbocycles. The van der Waals surface area contributed by atoms with Crippen molar-refractivity contribution in [3.05, 3.63) is 4.68 Å². The molecule has 0 fully saturated rings. The van der Waals surface area contributed by atoms with E-state index in [9.17, 15) is 10.1 Å². The van der Waals surface area contributed by atoms with Gasteiger partial charge in [0, 0.05) is 0 Å². The molecule has 0 N–H and O–H groups in total. The first-order valence-corrected chi connectivity index (χ1v) is 3.37. The van der Waals surface area contributed by atoms with Gasteiger partial charge in [0.15, 0.2) is 0 Å². The van der Waals surface area contributed by atoms with Gasteiger partial charge in [-0.15, -0.1) is 0 Å². The van der Waals surface area contributed by atoms with Crippen LogP contribution in [0.2, 0.25) is 0 Å². The average Bonchev–Trinajstić information content (AvgIpc) is 1.38. The molecule has 4 heteroatoms. The Kier molecular flexibility index (Phi) is 3.03. The number of halogens is 4. The van der Waals surface area contributed by atoms with Gasteiger partial charge in [-0.25, -0.2) is 0 Å². The molecule has 0 saturated heterocycles. The molecule has 0 amide bonds. The van der Waals surface area contributed by atoms with E-state index in [1.807, 2.05) is 0 Å². The Balaban J connectivity index is 2.54. The van der Waals surface area contributed by atoms with Gasteiger partial charge in [0.1, 0.15) is 0 Å². The van der Waals surface area contributed by atoms with Crippen LogP contribution in [0.4, 0.5) is 10.1 Å². The molecular weight excluding hydrogens is 196 g/mol. The summed E-state index contributed by atoms with van der Waals surface area (Å²) in [5, 5.41) is 0. The maximum atomic E-state index is 10.4. The zero-order chi connectivity index (χ0) is 4.28. The summed E-state index contributed by atoms with van der Waals surface area (Å²) < 4.78 is 31.4. The minimum atomic E-state index is -4.20. The van der Waals surface area contributed by atoms with E-state index in [0.717, 1.165) is 0 Å². The summed E-state index contributed by atoms with van der Waals surface area (Å²) >= 11 is -4.20. The molecule has 0 unspecified atom stereocenters. The van der Waals surface area contributed by atoms with Gasteiger partial charge < -0.3 is 0 Å². The van der Waals surface area contributed by atoms with Crippen LogP contribution in [-0.2, 0) is 0 Å². The first-order valence-electron chi connectivity index (χ1n) is 0.664. The molecule has 0 aromatic rings. The summed E-state index contributed by atoms with van der Waals surface area (Å²) in [5.74, 6) is 0. The van der Waals surface area contributed by atoms with Crippen molar-refractivity contribution in [3.63, 3.8) is 0 Å². The summed E-state index contributed by atoms with van der Waals surface area (Å²) in [6, 6.07) is 0. The fraction of sp³-hybridized carbons (Fsp3) is 0. The fourth-order valence-corrected chi connectivity index (χ4v) is 0. The van der Waals surface area contributed by atoms with Crippen LogP contribution in [-0.4, -0.2) is 0 Å². The third kappa shape index (κ3) is 4.52. The third-order valence-corrected chi connectivity index (χ3v) is 0.362. The van der Waals surface area contributed by atoms with E-state index in [-0.39, 0.29) is 0 Å². The van der Waals surface area contributed by atoms with Crippen molar-refractivity contribution in [1.29, 1.82) is 0 Å². The fourth-order valence-electron chi connectivity index (χ4n) is 0. The van der Waals surface area contributed by atoms with Crippen molar-refractivity contribution in [2.24, 2.45) is 0 Å². The second kappa shape index (κ2) is 2.74. The van der Waals surface area contributed by atoms with Crippen molar-refractivity contribution in [1.82, 2.24) is 0 Å². The van der Waals surface area contributed by atoms with E-state index in [4.69, 9.17) is 0 Å². The first kappa shape index (κ1) is 5.52. The Morgan fingerprint density at radius 2 is 1.60 bits per heavy atom. The maximum absolute atomic E-state index is 10.4. The van der Waals surface area contributed by atoms with Gasteiger partial charge in [0.2, 0.25) is 0 Å². The van der Waals surface area contributed by atoms with E-state index in [2.05, 4.69) is 0 Å². The standard InChI is InChI=1S/CF3I/c2-1-5(3)4. The molecule has 0 heterocycles. The predicted molar refractivity (Wildman–Crippen MR) is 20.6 cm³/mol. The first-order chi connectivity index (χ1) is 2.27.